The van der Waals surface area contributed by atoms with Gasteiger partial charge in [0.25, 0.3) is 0 Å². The van der Waals surface area contributed by atoms with Gasteiger partial charge in [-0.05, 0) is 26.8 Å². The highest BCUT2D eigenvalue weighted by Gasteiger charge is 2.16. The first-order valence-electron chi connectivity index (χ1n) is 7.22. The number of aliphatic imine (C=N–C) groups is 1. The van der Waals surface area contributed by atoms with E-state index in [-0.39, 0.29) is 5.60 Å². The van der Waals surface area contributed by atoms with E-state index in [2.05, 4.69) is 15.6 Å². The summed E-state index contributed by atoms with van der Waals surface area (Å²) in [6, 6.07) is 8.00. The minimum atomic E-state index is -0.235. The minimum Gasteiger partial charge on any atom is -0.494 e. The zero-order valence-corrected chi connectivity index (χ0v) is 13.7. The molecule has 2 N–H and O–H groups in total. The maximum absolute atomic E-state index is 5.61. The second kappa shape index (κ2) is 8.52. The Morgan fingerprint density at radius 2 is 1.95 bits per heavy atom. The topological polar surface area (TPSA) is 54.9 Å². The van der Waals surface area contributed by atoms with Gasteiger partial charge in [0.2, 0.25) is 0 Å². The van der Waals surface area contributed by atoms with Gasteiger partial charge in [-0.3, -0.25) is 4.99 Å². The smallest absolute Gasteiger partial charge is 0.191 e. The van der Waals surface area contributed by atoms with Crippen LogP contribution in [0.5, 0.6) is 5.75 Å². The monoisotopic (exact) mass is 293 g/mol. The highest BCUT2D eigenvalue weighted by molar-refractivity contribution is 5.79. The van der Waals surface area contributed by atoms with E-state index in [1.807, 2.05) is 45.0 Å². The highest BCUT2D eigenvalue weighted by atomic mass is 16.5. The van der Waals surface area contributed by atoms with Gasteiger partial charge in [0.15, 0.2) is 5.96 Å². The number of rotatable bonds is 7. The second-order valence-corrected chi connectivity index (χ2v) is 5.28. The zero-order chi connectivity index (χ0) is 15.7. The van der Waals surface area contributed by atoms with Crippen molar-refractivity contribution in [2.24, 2.45) is 4.99 Å². The quantitative estimate of drug-likeness (QED) is 0.597. The van der Waals surface area contributed by atoms with Crippen LogP contribution < -0.4 is 15.4 Å². The van der Waals surface area contributed by atoms with Gasteiger partial charge in [-0.2, -0.15) is 0 Å². The molecule has 0 aromatic heterocycles. The molecule has 0 saturated heterocycles. The lowest BCUT2D eigenvalue weighted by Crippen LogP contribution is -2.45. The molecule has 21 heavy (non-hydrogen) atoms. The molecule has 0 amide bonds. The molecule has 0 radical (unpaired) electrons. The van der Waals surface area contributed by atoms with Crippen LogP contribution in [0, 0.1) is 0 Å². The standard InChI is InChI=1S/C16H27N3O2/c1-6-21-14-10-8-7-9-13(14)11-18-15(17-4)19-12-16(2,3)20-5/h7-10H,6,11-12H2,1-5H3,(H2,17,18,19). The molecule has 118 valence electrons. The summed E-state index contributed by atoms with van der Waals surface area (Å²) >= 11 is 0. The average Bonchev–Trinajstić information content (AvgIpc) is 2.49. The Morgan fingerprint density at radius 1 is 1.24 bits per heavy atom. The van der Waals surface area contributed by atoms with Gasteiger partial charge in [-0.1, -0.05) is 18.2 Å². The fourth-order valence-corrected chi connectivity index (χ4v) is 1.71. The van der Waals surface area contributed by atoms with Crippen molar-refractivity contribution in [3.63, 3.8) is 0 Å². The zero-order valence-electron chi connectivity index (χ0n) is 13.7. The van der Waals surface area contributed by atoms with Crippen LogP contribution in [0.25, 0.3) is 0 Å². The fraction of sp³-hybridized carbons (Fsp3) is 0.562. The Bertz CT molecular complexity index is 459. The maximum Gasteiger partial charge on any atom is 0.191 e. The van der Waals surface area contributed by atoms with E-state index in [4.69, 9.17) is 9.47 Å². The number of para-hydroxylation sites is 1. The van der Waals surface area contributed by atoms with Crippen LogP contribution in [0.15, 0.2) is 29.3 Å². The summed E-state index contributed by atoms with van der Waals surface area (Å²) in [6.07, 6.45) is 0. The first kappa shape index (κ1) is 17.3. The molecule has 1 aromatic carbocycles. The molecule has 0 atom stereocenters. The molecule has 5 nitrogen and oxygen atoms in total. The maximum atomic E-state index is 5.61. The predicted molar refractivity (Wildman–Crippen MR) is 86.9 cm³/mol. The number of nitrogens with one attached hydrogen (secondary N) is 2. The van der Waals surface area contributed by atoms with Crippen molar-refractivity contribution in [1.29, 1.82) is 0 Å². The Morgan fingerprint density at radius 3 is 2.57 bits per heavy atom. The molecule has 0 unspecified atom stereocenters. The third-order valence-corrected chi connectivity index (χ3v) is 3.18. The van der Waals surface area contributed by atoms with Gasteiger partial charge in [0.1, 0.15) is 5.75 Å². The summed E-state index contributed by atoms with van der Waals surface area (Å²) < 4.78 is 11.0. The largest absolute Gasteiger partial charge is 0.494 e. The van der Waals surface area contributed by atoms with Crippen LogP contribution in [-0.4, -0.2) is 38.9 Å². The van der Waals surface area contributed by atoms with Crippen molar-refractivity contribution >= 4 is 5.96 Å². The SMILES string of the molecule is CCOc1ccccc1CNC(=NC)NCC(C)(C)OC. The molecule has 0 aliphatic carbocycles. The molecule has 0 heterocycles. The molecule has 0 fully saturated rings. The van der Waals surface area contributed by atoms with Crippen molar-refractivity contribution in [3.8, 4) is 5.75 Å². The van der Waals surface area contributed by atoms with Crippen molar-refractivity contribution in [2.45, 2.75) is 32.9 Å². The van der Waals surface area contributed by atoms with E-state index in [1.165, 1.54) is 0 Å². The van der Waals surface area contributed by atoms with Crippen molar-refractivity contribution < 1.29 is 9.47 Å². The van der Waals surface area contributed by atoms with Crippen molar-refractivity contribution in [3.05, 3.63) is 29.8 Å². The summed E-state index contributed by atoms with van der Waals surface area (Å²) in [5.74, 6) is 1.65. The van der Waals surface area contributed by atoms with Gasteiger partial charge in [0.05, 0.1) is 12.2 Å². The van der Waals surface area contributed by atoms with Gasteiger partial charge in [-0.25, -0.2) is 0 Å². The number of ether oxygens (including phenoxy) is 2. The Labute approximate surface area is 127 Å². The van der Waals surface area contributed by atoms with Crippen LogP contribution >= 0.6 is 0 Å². The second-order valence-electron chi connectivity index (χ2n) is 5.28. The molecule has 5 heteroatoms. The fourth-order valence-electron chi connectivity index (χ4n) is 1.71. The lowest BCUT2D eigenvalue weighted by Gasteiger charge is -2.24. The predicted octanol–water partition coefficient (Wildman–Crippen LogP) is 2.18. The number of nitrogens with zero attached hydrogens (tertiary/aromatic N) is 1. The van der Waals surface area contributed by atoms with Crippen LogP contribution in [0.3, 0.4) is 0 Å². The van der Waals surface area contributed by atoms with Gasteiger partial charge in [-0.15, -0.1) is 0 Å². The molecule has 0 bridgehead atoms. The molecule has 0 aliphatic heterocycles. The first-order valence-corrected chi connectivity index (χ1v) is 7.22. The number of hydrogen-bond donors (Lipinski definition) is 2. The molecule has 1 rings (SSSR count). The molecule has 0 spiro atoms. The van der Waals surface area contributed by atoms with E-state index in [1.54, 1.807) is 14.2 Å². The molecular weight excluding hydrogens is 266 g/mol. The van der Waals surface area contributed by atoms with Crippen molar-refractivity contribution in [1.82, 2.24) is 10.6 Å². The summed E-state index contributed by atoms with van der Waals surface area (Å²) in [5, 5.41) is 6.54. The lowest BCUT2D eigenvalue weighted by atomic mass is 10.1. The Balaban J connectivity index is 2.56. The number of benzene rings is 1. The number of methoxy groups -OCH3 is 1. The summed E-state index contributed by atoms with van der Waals surface area (Å²) in [7, 11) is 3.46. The van der Waals surface area contributed by atoms with Crippen LogP contribution in [0.1, 0.15) is 26.3 Å². The van der Waals surface area contributed by atoms with Gasteiger partial charge >= 0.3 is 0 Å². The van der Waals surface area contributed by atoms with Gasteiger partial charge < -0.3 is 20.1 Å². The first-order chi connectivity index (χ1) is 10.0. The Hall–Kier alpha value is -1.75. The van der Waals surface area contributed by atoms with Crippen molar-refractivity contribution in [2.75, 3.05) is 27.3 Å². The highest BCUT2D eigenvalue weighted by Crippen LogP contribution is 2.17. The molecular formula is C16H27N3O2. The van der Waals surface area contributed by atoms with E-state index >= 15 is 0 Å². The summed E-state index contributed by atoms with van der Waals surface area (Å²) in [6.45, 7) is 8.03. The third kappa shape index (κ3) is 6.04. The normalized spacial score (nSPS) is 12.1. The minimum absolute atomic E-state index is 0.235. The van der Waals surface area contributed by atoms with E-state index in [0.717, 1.165) is 17.3 Å². The van der Waals surface area contributed by atoms with E-state index in [9.17, 15) is 0 Å². The summed E-state index contributed by atoms with van der Waals surface area (Å²) in [4.78, 5) is 4.21. The van der Waals surface area contributed by atoms with Crippen LogP contribution in [0.2, 0.25) is 0 Å². The molecule has 1 aromatic rings. The van der Waals surface area contributed by atoms with Crippen LogP contribution in [-0.2, 0) is 11.3 Å². The molecule has 0 saturated carbocycles. The summed E-state index contributed by atoms with van der Waals surface area (Å²) in [5.41, 5.74) is 0.870. The average molecular weight is 293 g/mol. The number of hydrogen-bond acceptors (Lipinski definition) is 3. The van der Waals surface area contributed by atoms with Gasteiger partial charge in [0, 0.05) is 32.8 Å². The third-order valence-electron chi connectivity index (χ3n) is 3.18. The van der Waals surface area contributed by atoms with E-state index in [0.29, 0.717) is 19.7 Å². The number of guanidine groups is 1. The van der Waals surface area contributed by atoms with Crippen LogP contribution in [0.4, 0.5) is 0 Å². The lowest BCUT2D eigenvalue weighted by molar-refractivity contribution is 0.0268. The molecule has 0 aliphatic rings. The Kier molecular flexibility index (Phi) is 7.02. The van der Waals surface area contributed by atoms with E-state index < -0.39 is 0 Å².